The van der Waals surface area contributed by atoms with Gasteiger partial charge in [-0.3, -0.25) is 5.10 Å². The molecule has 0 aliphatic carbocycles. The van der Waals surface area contributed by atoms with Gasteiger partial charge in [-0.1, -0.05) is 13.8 Å². The summed E-state index contributed by atoms with van der Waals surface area (Å²) in [4.78, 5) is 4.46. The zero-order valence-corrected chi connectivity index (χ0v) is 8.17. The quantitative estimate of drug-likeness (QED) is 0.722. The Balaban J connectivity index is 2.12. The van der Waals surface area contributed by atoms with E-state index in [0.29, 0.717) is 12.0 Å². The van der Waals surface area contributed by atoms with Crippen LogP contribution in [0.25, 0.3) is 0 Å². The van der Waals surface area contributed by atoms with Gasteiger partial charge in [0.1, 0.15) is 5.82 Å². The van der Waals surface area contributed by atoms with Crippen LogP contribution in [0.2, 0.25) is 0 Å². The van der Waals surface area contributed by atoms with Crippen molar-refractivity contribution in [2.24, 2.45) is 0 Å². The molecule has 2 heterocycles. The number of nitrogens with one attached hydrogen (secondary N) is 2. The molecule has 1 fully saturated rings. The van der Waals surface area contributed by atoms with Gasteiger partial charge in [-0.05, 0) is 19.4 Å². The van der Waals surface area contributed by atoms with Gasteiger partial charge in [0.2, 0.25) is 0 Å². The molecule has 0 spiro atoms. The number of rotatable bonds is 2. The Bertz CT molecular complexity index is 273. The molecule has 1 aliphatic rings. The molecular weight excluding hydrogens is 164 g/mol. The van der Waals surface area contributed by atoms with Crippen LogP contribution < -0.4 is 5.32 Å². The van der Waals surface area contributed by atoms with Crippen LogP contribution in [0, 0.1) is 0 Å². The van der Waals surface area contributed by atoms with E-state index >= 15 is 0 Å². The number of nitrogens with zero attached hydrogens (tertiary/aromatic N) is 2. The Morgan fingerprint density at radius 2 is 2.31 bits per heavy atom. The van der Waals surface area contributed by atoms with Crippen LogP contribution >= 0.6 is 0 Å². The van der Waals surface area contributed by atoms with Crippen molar-refractivity contribution in [2.45, 2.75) is 38.6 Å². The second kappa shape index (κ2) is 3.46. The second-order valence-corrected chi connectivity index (χ2v) is 3.88. The molecule has 1 aromatic rings. The summed E-state index contributed by atoms with van der Waals surface area (Å²) >= 11 is 0. The van der Waals surface area contributed by atoms with Crippen LogP contribution in [0.5, 0.6) is 0 Å². The molecule has 0 saturated carbocycles. The Morgan fingerprint density at radius 1 is 1.46 bits per heavy atom. The second-order valence-electron chi connectivity index (χ2n) is 3.88. The van der Waals surface area contributed by atoms with Gasteiger partial charge in [-0.15, -0.1) is 0 Å². The van der Waals surface area contributed by atoms with Crippen LogP contribution in [0.3, 0.4) is 0 Å². The topological polar surface area (TPSA) is 53.6 Å². The smallest absolute Gasteiger partial charge is 0.153 e. The first-order valence-electron chi connectivity index (χ1n) is 4.93. The first-order chi connectivity index (χ1) is 6.27. The van der Waals surface area contributed by atoms with Crippen LogP contribution in [-0.4, -0.2) is 21.7 Å². The van der Waals surface area contributed by atoms with Crippen molar-refractivity contribution in [3.63, 3.8) is 0 Å². The number of hydrogen-bond donors (Lipinski definition) is 2. The standard InChI is InChI=1S/C9H16N4/c1-6(2)8-11-9(13-12-8)7-4-3-5-10-7/h6-7,10H,3-5H2,1-2H3,(H,11,12,13)/t7-/m1/s1. The third kappa shape index (κ3) is 1.72. The molecule has 1 atom stereocenters. The average Bonchev–Trinajstić information content (AvgIpc) is 2.75. The molecule has 4 heteroatoms. The minimum absolute atomic E-state index is 0.403. The molecule has 13 heavy (non-hydrogen) atoms. The highest BCUT2D eigenvalue weighted by atomic mass is 15.2. The van der Waals surface area contributed by atoms with E-state index in [9.17, 15) is 0 Å². The Hall–Kier alpha value is -0.900. The van der Waals surface area contributed by atoms with Gasteiger partial charge in [0.25, 0.3) is 0 Å². The third-order valence-corrected chi connectivity index (χ3v) is 2.43. The normalized spacial score (nSPS) is 22.8. The number of aromatic amines is 1. The summed E-state index contributed by atoms with van der Waals surface area (Å²) in [5, 5.41) is 10.6. The monoisotopic (exact) mass is 180 g/mol. The van der Waals surface area contributed by atoms with Crippen molar-refractivity contribution >= 4 is 0 Å². The van der Waals surface area contributed by atoms with Crippen molar-refractivity contribution in [3.8, 4) is 0 Å². The zero-order valence-electron chi connectivity index (χ0n) is 8.17. The molecular formula is C9H16N4. The molecule has 1 aromatic heterocycles. The fraction of sp³-hybridized carbons (Fsp3) is 0.778. The summed E-state index contributed by atoms with van der Waals surface area (Å²) in [6.07, 6.45) is 2.41. The Labute approximate surface area is 78.1 Å². The Kier molecular flexibility index (Phi) is 2.31. The molecule has 0 radical (unpaired) electrons. The first kappa shape index (κ1) is 8.69. The van der Waals surface area contributed by atoms with Gasteiger partial charge >= 0.3 is 0 Å². The number of H-pyrrole nitrogens is 1. The van der Waals surface area contributed by atoms with Crippen molar-refractivity contribution in [2.75, 3.05) is 6.54 Å². The Morgan fingerprint density at radius 3 is 2.85 bits per heavy atom. The summed E-state index contributed by atoms with van der Waals surface area (Å²) in [6.45, 7) is 5.31. The maximum absolute atomic E-state index is 4.46. The van der Waals surface area contributed by atoms with Crippen molar-refractivity contribution in [3.05, 3.63) is 11.6 Å². The molecule has 1 aliphatic heterocycles. The number of hydrogen-bond acceptors (Lipinski definition) is 3. The molecule has 0 amide bonds. The summed E-state index contributed by atoms with van der Waals surface area (Å²) in [5.41, 5.74) is 0. The van der Waals surface area contributed by atoms with Gasteiger partial charge in [-0.2, -0.15) is 5.10 Å². The molecule has 1 saturated heterocycles. The van der Waals surface area contributed by atoms with E-state index in [2.05, 4.69) is 34.3 Å². The summed E-state index contributed by atoms with van der Waals surface area (Å²) in [6, 6.07) is 0.403. The molecule has 0 bridgehead atoms. The highest BCUT2D eigenvalue weighted by Gasteiger charge is 2.20. The molecule has 4 nitrogen and oxygen atoms in total. The van der Waals surface area contributed by atoms with Crippen molar-refractivity contribution in [1.82, 2.24) is 20.5 Å². The van der Waals surface area contributed by atoms with Gasteiger partial charge < -0.3 is 5.32 Å². The van der Waals surface area contributed by atoms with E-state index in [0.717, 1.165) is 18.2 Å². The maximum Gasteiger partial charge on any atom is 0.153 e. The molecule has 2 N–H and O–H groups in total. The summed E-state index contributed by atoms with van der Waals surface area (Å²) < 4.78 is 0. The van der Waals surface area contributed by atoms with Crippen molar-refractivity contribution in [1.29, 1.82) is 0 Å². The van der Waals surface area contributed by atoms with Gasteiger partial charge in [0.05, 0.1) is 6.04 Å². The van der Waals surface area contributed by atoms with Crippen LogP contribution in [0.15, 0.2) is 0 Å². The van der Waals surface area contributed by atoms with E-state index in [4.69, 9.17) is 0 Å². The maximum atomic E-state index is 4.46. The minimum Gasteiger partial charge on any atom is -0.307 e. The van der Waals surface area contributed by atoms with Crippen LogP contribution in [0.4, 0.5) is 0 Å². The molecule has 0 aromatic carbocycles. The van der Waals surface area contributed by atoms with Crippen LogP contribution in [-0.2, 0) is 0 Å². The lowest BCUT2D eigenvalue weighted by atomic mass is 10.2. The van der Waals surface area contributed by atoms with E-state index in [-0.39, 0.29) is 0 Å². The summed E-state index contributed by atoms with van der Waals surface area (Å²) in [5.74, 6) is 2.33. The first-order valence-corrected chi connectivity index (χ1v) is 4.93. The van der Waals surface area contributed by atoms with E-state index in [1.54, 1.807) is 0 Å². The zero-order chi connectivity index (χ0) is 9.26. The van der Waals surface area contributed by atoms with Gasteiger partial charge in [0, 0.05) is 5.92 Å². The fourth-order valence-corrected chi connectivity index (χ4v) is 1.62. The highest BCUT2D eigenvalue weighted by Crippen LogP contribution is 2.20. The average molecular weight is 180 g/mol. The van der Waals surface area contributed by atoms with E-state index < -0.39 is 0 Å². The third-order valence-electron chi connectivity index (χ3n) is 2.43. The highest BCUT2D eigenvalue weighted by molar-refractivity contribution is 5.01. The lowest BCUT2D eigenvalue weighted by Crippen LogP contribution is -2.14. The summed E-state index contributed by atoms with van der Waals surface area (Å²) in [7, 11) is 0. The minimum atomic E-state index is 0.403. The van der Waals surface area contributed by atoms with Gasteiger partial charge in [0.15, 0.2) is 5.82 Å². The lowest BCUT2D eigenvalue weighted by molar-refractivity contribution is 0.607. The molecule has 2 rings (SSSR count). The van der Waals surface area contributed by atoms with E-state index in [1.807, 2.05) is 0 Å². The fourth-order valence-electron chi connectivity index (χ4n) is 1.62. The molecule has 72 valence electrons. The molecule has 0 unspecified atom stereocenters. The SMILES string of the molecule is CC(C)c1n[nH]c([C@H]2CCCN2)n1. The predicted octanol–water partition coefficient (Wildman–Crippen LogP) is 1.35. The largest absolute Gasteiger partial charge is 0.307 e. The van der Waals surface area contributed by atoms with Gasteiger partial charge in [-0.25, -0.2) is 4.98 Å². The predicted molar refractivity (Wildman–Crippen MR) is 50.4 cm³/mol. The van der Waals surface area contributed by atoms with E-state index in [1.165, 1.54) is 12.8 Å². The number of aromatic nitrogens is 3. The lowest BCUT2D eigenvalue weighted by Gasteiger charge is -2.03. The van der Waals surface area contributed by atoms with Crippen molar-refractivity contribution < 1.29 is 0 Å². The van der Waals surface area contributed by atoms with Crippen LogP contribution in [0.1, 0.15) is 50.3 Å².